The molecule has 0 aliphatic heterocycles. The fourth-order valence-corrected chi connectivity index (χ4v) is 0.625. The Labute approximate surface area is 67.1 Å². The standard InChI is InChI=1S/C6H8F3NO2/c1-2-10(3-4-11)5(12)6(7,8)9/h4H,2-3H2,1H3. The summed E-state index contributed by atoms with van der Waals surface area (Å²) in [4.78, 5) is 20.7. The fraction of sp³-hybridized carbons (Fsp3) is 0.667. The molecule has 6 heteroatoms. The number of hydrogen-bond acceptors (Lipinski definition) is 2. The van der Waals surface area contributed by atoms with Gasteiger partial charge in [-0.1, -0.05) is 0 Å². The molecule has 0 unspecified atom stereocenters. The van der Waals surface area contributed by atoms with Gasteiger partial charge >= 0.3 is 12.1 Å². The number of hydrogen-bond donors (Lipinski definition) is 0. The molecule has 0 N–H and O–H groups in total. The summed E-state index contributed by atoms with van der Waals surface area (Å²) < 4.78 is 35.1. The van der Waals surface area contributed by atoms with E-state index in [2.05, 4.69) is 0 Å². The van der Waals surface area contributed by atoms with Gasteiger partial charge in [-0.25, -0.2) is 0 Å². The van der Waals surface area contributed by atoms with E-state index in [0.717, 1.165) is 0 Å². The SMILES string of the molecule is CCN(CC=O)C(=O)C(F)(F)F. The smallest absolute Gasteiger partial charge is 0.328 e. The van der Waals surface area contributed by atoms with Gasteiger partial charge in [-0.15, -0.1) is 0 Å². The number of halogens is 3. The summed E-state index contributed by atoms with van der Waals surface area (Å²) in [5.41, 5.74) is 0. The van der Waals surface area contributed by atoms with Gasteiger partial charge < -0.3 is 9.69 Å². The third-order valence-electron chi connectivity index (χ3n) is 1.21. The predicted molar refractivity (Wildman–Crippen MR) is 34.4 cm³/mol. The summed E-state index contributed by atoms with van der Waals surface area (Å²) in [5.74, 6) is -1.97. The van der Waals surface area contributed by atoms with Gasteiger partial charge in [0.25, 0.3) is 0 Å². The Morgan fingerprint density at radius 1 is 1.50 bits per heavy atom. The highest BCUT2D eigenvalue weighted by atomic mass is 19.4. The van der Waals surface area contributed by atoms with Crippen LogP contribution in [0, 0.1) is 0 Å². The quantitative estimate of drug-likeness (QED) is 0.600. The third kappa shape index (κ3) is 2.89. The monoisotopic (exact) mass is 183 g/mol. The number of aldehydes is 1. The van der Waals surface area contributed by atoms with Crippen LogP contribution in [0.5, 0.6) is 0 Å². The predicted octanol–water partition coefficient (Wildman–Crippen LogP) is 0.596. The number of carbonyl (C=O) groups excluding carboxylic acids is 2. The van der Waals surface area contributed by atoms with E-state index >= 15 is 0 Å². The Morgan fingerprint density at radius 3 is 2.25 bits per heavy atom. The van der Waals surface area contributed by atoms with Gasteiger partial charge in [0.15, 0.2) is 0 Å². The molecular weight excluding hydrogens is 175 g/mol. The van der Waals surface area contributed by atoms with Crippen molar-refractivity contribution in [3.8, 4) is 0 Å². The van der Waals surface area contributed by atoms with E-state index < -0.39 is 18.6 Å². The molecule has 0 bridgehead atoms. The van der Waals surface area contributed by atoms with Crippen LogP contribution in [-0.2, 0) is 9.59 Å². The highest BCUT2D eigenvalue weighted by molar-refractivity contribution is 5.83. The molecule has 0 spiro atoms. The lowest BCUT2D eigenvalue weighted by atomic mass is 10.4. The zero-order chi connectivity index (χ0) is 9.78. The van der Waals surface area contributed by atoms with E-state index in [1.807, 2.05) is 0 Å². The molecule has 0 aliphatic carbocycles. The van der Waals surface area contributed by atoms with Gasteiger partial charge in [-0.3, -0.25) is 4.79 Å². The molecular formula is C6H8F3NO2. The van der Waals surface area contributed by atoms with Crippen LogP contribution in [0.1, 0.15) is 6.92 Å². The number of rotatable bonds is 3. The van der Waals surface area contributed by atoms with Crippen molar-refractivity contribution in [1.29, 1.82) is 0 Å². The van der Waals surface area contributed by atoms with Crippen molar-refractivity contribution in [2.24, 2.45) is 0 Å². The maximum atomic E-state index is 11.7. The molecule has 12 heavy (non-hydrogen) atoms. The van der Waals surface area contributed by atoms with E-state index in [4.69, 9.17) is 0 Å². The first-order valence-electron chi connectivity index (χ1n) is 3.23. The largest absolute Gasteiger partial charge is 0.471 e. The lowest BCUT2D eigenvalue weighted by Crippen LogP contribution is -2.41. The molecule has 0 heterocycles. The van der Waals surface area contributed by atoms with E-state index in [1.165, 1.54) is 6.92 Å². The molecule has 0 radical (unpaired) electrons. The lowest BCUT2D eigenvalue weighted by Gasteiger charge is -2.18. The summed E-state index contributed by atoms with van der Waals surface area (Å²) in [5, 5.41) is 0. The Bertz CT molecular complexity index is 178. The number of likely N-dealkylation sites (N-methyl/N-ethyl adjacent to an activating group) is 1. The number of nitrogens with zero attached hydrogens (tertiary/aromatic N) is 1. The van der Waals surface area contributed by atoms with E-state index in [-0.39, 0.29) is 12.8 Å². The van der Waals surface area contributed by atoms with Gasteiger partial charge in [0.05, 0.1) is 6.54 Å². The van der Waals surface area contributed by atoms with Crippen molar-refractivity contribution in [3.05, 3.63) is 0 Å². The fourth-order valence-electron chi connectivity index (χ4n) is 0.625. The summed E-state index contributed by atoms with van der Waals surface area (Å²) >= 11 is 0. The Kier molecular flexibility index (Phi) is 3.72. The average molecular weight is 183 g/mol. The van der Waals surface area contributed by atoms with Gasteiger partial charge in [0.1, 0.15) is 6.29 Å². The van der Waals surface area contributed by atoms with E-state index in [1.54, 1.807) is 0 Å². The van der Waals surface area contributed by atoms with Crippen molar-refractivity contribution < 1.29 is 22.8 Å². The first kappa shape index (κ1) is 10.9. The van der Waals surface area contributed by atoms with Crippen LogP contribution < -0.4 is 0 Å². The van der Waals surface area contributed by atoms with Crippen molar-refractivity contribution in [3.63, 3.8) is 0 Å². The second-order valence-corrected chi connectivity index (χ2v) is 2.01. The topological polar surface area (TPSA) is 37.4 Å². The lowest BCUT2D eigenvalue weighted by molar-refractivity contribution is -0.185. The maximum Gasteiger partial charge on any atom is 0.471 e. The van der Waals surface area contributed by atoms with Crippen molar-refractivity contribution in [2.75, 3.05) is 13.1 Å². The average Bonchev–Trinajstić information content (AvgIpc) is 1.97. The van der Waals surface area contributed by atoms with Crippen LogP contribution in [-0.4, -0.2) is 36.4 Å². The van der Waals surface area contributed by atoms with Gasteiger partial charge in [0, 0.05) is 6.54 Å². The highest BCUT2D eigenvalue weighted by Crippen LogP contribution is 2.17. The minimum Gasteiger partial charge on any atom is -0.328 e. The molecule has 0 aromatic heterocycles. The van der Waals surface area contributed by atoms with Gasteiger partial charge in [-0.2, -0.15) is 13.2 Å². The molecule has 0 saturated heterocycles. The molecule has 0 rings (SSSR count). The van der Waals surface area contributed by atoms with Crippen molar-refractivity contribution in [1.82, 2.24) is 4.90 Å². The normalized spacial score (nSPS) is 11.0. The molecule has 0 atom stereocenters. The second-order valence-electron chi connectivity index (χ2n) is 2.01. The Hall–Kier alpha value is -1.07. The number of carbonyl (C=O) groups is 2. The van der Waals surface area contributed by atoms with Crippen molar-refractivity contribution >= 4 is 12.2 Å². The van der Waals surface area contributed by atoms with Gasteiger partial charge in [-0.05, 0) is 6.92 Å². The maximum absolute atomic E-state index is 11.7. The summed E-state index contributed by atoms with van der Waals surface area (Å²) in [7, 11) is 0. The van der Waals surface area contributed by atoms with Crippen LogP contribution in [0.3, 0.4) is 0 Å². The van der Waals surface area contributed by atoms with E-state index in [0.29, 0.717) is 4.90 Å². The molecule has 0 aromatic carbocycles. The van der Waals surface area contributed by atoms with Crippen LogP contribution in [0.2, 0.25) is 0 Å². The molecule has 1 amide bonds. The Balaban J connectivity index is 4.31. The molecule has 3 nitrogen and oxygen atoms in total. The first-order valence-corrected chi connectivity index (χ1v) is 3.23. The first-order chi connectivity index (χ1) is 5.43. The minimum atomic E-state index is -4.89. The van der Waals surface area contributed by atoms with Gasteiger partial charge in [0.2, 0.25) is 0 Å². The van der Waals surface area contributed by atoms with Crippen molar-refractivity contribution in [2.45, 2.75) is 13.1 Å². The summed E-state index contributed by atoms with van der Waals surface area (Å²) in [6, 6.07) is 0. The number of amides is 1. The molecule has 0 aliphatic rings. The van der Waals surface area contributed by atoms with E-state index in [9.17, 15) is 22.8 Å². The molecule has 0 saturated carbocycles. The van der Waals surface area contributed by atoms with Crippen LogP contribution in [0.25, 0.3) is 0 Å². The number of alkyl halides is 3. The molecule has 0 aromatic rings. The second kappa shape index (κ2) is 4.08. The zero-order valence-electron chi connectivity index (χ0n) is 6.39. The third-order valence-corrected chi connectivity index (χ3v) is 1.21. The highest BCUT2D eigenvalue weighted by Gasteiger charge is 2.41. The van der Waals surface area contributed by atoms with Crippen LogP contribution >= 0.6 is 0 Å². The Morgan fingerprint density at radius 2 is 2.00 bits per heavy atom. The summed E-state index contributed by atoms with van der Waals surface area (Å²) in [6.45, 7) is 0.721. The van der Waals surface area contributed by atoms with Crippen LogP contribution in [0.15, 0.2) is 0 Å². The molecule has 0 fully saturated rings. The molecule has 70 valence electrons. The minimum absolute atomic E-state index is 0.128. The zero-order valence-corrected chi connectivity index (χ0v) is 6.39. The van der Waals surface area contributed by atoms with Crippen LogP contribution in [0.4, 0.5) is 13.2 Å². The summed E-state index contributed by atoms with van der Waals surface area (Å²) in [6.07, 6.45) is -4.63.